The molecule has 4 nitrogen and oxygen atoms in total. The van der Waals surface area contributed by atoms with Crippen LogP contribution in [0.2, 0.25) is 0 Å². The number of thioether (sulfide) groups is 1. The third-order valence-corrected chi connectivity index (χ3v) is 3.95. The quantitative estimate of drug-likeness (QED) is 0.492. The Hall–Kier alpha value is -2.53. The van der Waals surface area contributed by atoms with Crippen LogP contribution in [-0.4, -0.2) is 24.7 Å². The van der Waals surface area contributed by atoms with E-state index in [1.54, 1.807) is 17.8 Å². The van der Waals surface area contributed by atoms with Crippen LogP contribution in [0.3, 0.4) is 0 Å². The van der Waals surface area contributed by atoms with Gasteiger partial charge in [0.05, 0.1) is 0 Å². The maximum absolute atomic E-state index is 11.8. The highest BCUT2D eigenvalue weighted by molar-refractivity contribution is 7.98. The monoisotopic (exact) mass is 341 g/mol. The van der Waals surface area contributed by atoms with Crippen LogP contribution in [0.15, 0.2) is 59.5 Å². The number of ether oxygens (including phenoxy) is 1. The molecule has 2 aromatic carbocycles. The third kappa shape index (κ3) is 5.93. The number of esters is 1. The summed E-state index contributed by atoms with van der Waals surface area (Å²) in [5.74, 6) is -0.924. The SMILES string of the molecule is CSc1ccc(NC(=O)COC(=O)/C=C/c2ccc(C)cc2)cc1. The number of rotatable bonds is 6. The Kier molecular flexibility index (Phi) is 6.63. The number of hydrogen-bond acceptors (Lipinski definition) is 4. The zero-order valence-corrected chi connectivity index (χ0v) is 14.4. The summed E-state index contributed by atoms with van der Waals surface area (Å²) in [7, 11) is 0. The molecule has 0 aliphatic heterocycles. The van der Waals surface area contributed by atoms with E-state index in [4.69, 9.17) is 4.74 Å². The number of amides is 1. The van der Waals surface area contributed by atoms with E-state index < -0.39 is 5.97 Å². The predicted molar refractivity (Wildman–Crippen MR) is 98.0 cm³/mol. The van der Waals surface area contributed by atoms with E-state index in [1.807, 2.05) is 61.7 Å². The van der Waals surface area contributed by atoms with E-state index in [2.05, 4.69) is 5.32 Å². The standard InChI is InChI=1S/C19H19NO3S/c1-14-3-5-15(6-4-14)7-12-19(22)23-13-18(21)20-16-8-10-17(24-2)11-9-16/h3-12H,13H2,1-2H3,(H,20,21)/b12-7+. The second-order valence-electron chi connectivity index (χ2n) is 5.13. The number of carbonyl (C=O) groups is 2. The van der Waals surface area contributed by atoms with Gasteiger partial charge in [0.25, 0.3) is 5.91 Å². The summed E-state index contributed by atoms with van der Waals surface area (Å²) in [6.45, 7) is 1.68. The van der Waals surface area contributed by atoms with Crippen molar-refractivity contribution >= 4 is 35.4 Å². The molecule has 0 aliphatic carbocycles. The highest BCUT2D eigenvalue weighted by Crippen LogP contribution is 2.17. The van der Waals surface area contributed by atoms with Gasteiger partial charge >= 0.3 is 5.97 Å². The summed E-state index contributed by atoms with van der Waals surface area (Å²) in [5, 5.41) is 2.68. The van der Waals surface area contributed by atoms with Crippen molar-refractivity contribution in [2.24, 2.45) is 0 Å². The van der Waals surface area contributed by atoms with Crippen LogP contribution < -0.4 is 5.32 Å². The van der Waals surface area contributed by atoms with Gasteiger partial charge in [-0.2, -0.15) is 0 Å². The first-order valence-electron chi connectivity index (χ1n) is 7.42. The summed E-state index contributed by atoms with van der Waals surface area (Å²) in [4.78, 5) is 24.5. The Balaban J connectivity index is 1.78. The first-order valence-corrected chi connectivity index (χ1v) is 8.65. The molecule has 1 amide bonds. The number of aryl methyl sites for hydroxylation is 1. The lowest BCUT2D eigenvalue weighted by atomic mass is 10.1. The van der Waals surface area contributed by atoms with Crippen molar-refractivity contribution < 1.29 is 14.3 Å². The molecule has 0 spiro atoms. The molecule has 2 aromatic rings. The topological polar surface area (TPSA) is 55.4 Å². The zero-order chi connectivity index (χ0) is 17.4. The number of carbonyl (C=O) groups excluding carboxylic acids is 2. The lowest BCUT2D eigenvalue weighted by Crippen LogP contribution is -2.20. The fourth-order valence-electron chi connectivity index (χ4n) is 1.90. The molecule has 0 radical (unpaired) electrons. The normalized spacial score (nSPS) is 10.6. The number of hydrogen-bond donors (Lipinski definition) is 1. The van der Waals surface area contributed by atoms with E-state index in [9.17, 15) is 9.59 Å². The van der Waals surface area contributed by atoms with Crippen LogP contribution in [0.25, 0.3) is 6.08 Å². The van der Waals surface area contributed by atoms with Crippen molar-refractivity contribution in [1.82, 2.24) is 0 Å². The van der Waals surface area contributed by atoms with Crippen molar-refractivity contribution in [3.63, 3.8) is 0 Å². The van der Waals surface area contributed by atoms with Gasteiger partial charge in [0.2, 0.25) is 0 Å². The summed E-state index contributed by atoms with van der Waals surface area (Å²) >= 11 is 1.63. The minimum atomic E-state index is -0.552. The molecule has 24 heavy (non-hydrogen) atoms. The Labute approximate surface area is 145 Å². The van der Waals surface area contributed by atoms with Crippen LogP contribution in [0.5, 0.6) is 0 Å². The third-order valence-electron chi connectivity index (χ3n) is 3.21. The van der Waals surface area contributed by atoms with Gasteiger partial charge in [-0.3, -0.25) is 4.79 Å². The Bertz CT molecular complexity index is 721. The first-order chi connectivity index (χ1) is 11.6. The molecule has 0 saturated carbocycles. The molecule has 1 N–H and O–H groups in total. The molecule has 5 heteroatoms. The van der Waals surface area contributed by atoms with Crippen LogP contribution in [0.4, 0.5) is 5.69 Å². The molecule has 0 saturated heterocycles. The van der Waals surface area contributed by atoms with Crippen molar-refractivity contribution in [3.05, 3.63) is 65.7 Å². The molecule has 0 heterocycles. The van der Waals surface area contributed by atoms with E-state index in [0.717, 1.165) is 16.0 Å². The molecule has 0 atom stereocenters. The summed E-state index contributed by atoms with van der Waals surface area (Å²) < 4.78 is 4.92. The molecule has 124 valence electrons. The van der Waals surface area contributed by atoms with Gasteiger partial charge in [-0.05, 0) is 49.1 Å². The van der Waals surface area contributed by atoms with Crippen molar-refractivity contribution in [2.45, 2.75) is 11.8 Å². The van der Waals surface area contributed by atoms with Crippen molar-refractivity contribution in [1.29, 1.82) is 0 Å². The fourth-order valence-corrected chi connectivity index (χ4v) is 2.31. The number of benzene rings is 2. The number of anilines is 1. The summed E-state index contributed by atoms with van der Waals surface area (Å²) in [6.07, 6.45) is 4.95. The van der Waals surface area contributed by atoms with Gasteiger partial charge in [0.1, 0.15) is 0 Å². The second kappa shape index (κ2) is 8.93. The van der Waals surface area contributed by atoms with E-state index in [1.165, 1.54) is 6.08 Å². The molecule has 0 fully saturated rings. The fraction of sp³-hybridized carbons (Fsp3) is 0.158. The smallest absolute Gasteiger partial charge is 0.331 e. The van der Waals surface area contributed by atoms with Crippen molar-refractivity contribution in [3.8, 4) is 0 Å². The Morgan fingerprint density at radius 1 is 1.08 bits per heavy atom. The maximum atomic E-state index is 11.8. The number of nitrogens with one attached hydrogen (secondary N) is 1. The summed E-state index contributed by atoms with van der Waals surface area (Å²) in [6, 6.07) is 15.2. The van der Waals surface area contributed by atoms with E-state index >= 15 is 0 Å². The molecule has 0 unspecified atom stereocenters. The lowest BCUT2D eigenvalue weighted by Gasteiger charge is -2.06. The van der Waals surface area contributed by atoms with Crippen molar-refractivity contribution in [2.75, 3.05) is 18.2 Å². The Morgan fingerprint density at radius 3 is 2.38 bits per heavy atom. The molecule has 0 aromatic heterocycles. The van der Waals surface area contributed by atoms with Gasteiger partial charge < -0.3 is 10.1 Å². The Morgan fingerprint density at radius 2 is 1.75 bits per heavy atom. The van der Waals surface area contributed by atoms with Crippen LogP contribution in [0.1, 0.15) is 11.1 Å². The predicted octanol–water partition coefficient (Wildman–Crippen LogP) is 3.91. The van der Waals surface area contributed by atoms with E-state index in [0.29, 0.717) is 5.69 Å². The molecule has 0 aliphatic rings. The second-order valence-corrected chi connectivity index (χ2v) is 6.01. The molecule has 2 rings (SSSR count). The van der Waals surface area contributed by atoms with Gasteiger partial charge in [-0.15, -0.1) is 11.8 Å². The van der Waals surface area contributed by atoms with Gasteiger partial charge in [-0.1, -0.05) is 29.8 Å². The molecular formula is C19H19NO3S. The van der Waals surface area contributed by atoms with E-state index in [-0.39, 0.29) is 12.5 Å². The van der Waals surface area contributed by atoms with Gasteiger partial charge in [-0.25, -0.2) is 4.79 Å². The minimum Gasteiger partial charge on any atom is -0.452 e. The minimum absolute atomic E-state index is 0.318. The zero-order valence-electron chi connectivity index (χ0n) is 13.6. The first kappa shape index (κ1) is 17.8. The molecule has 0 bridgehead atoms. The average Bonchev–Trinajstić information content (AvgIpc) is 2.60. The van der Waals surface area contributed by atoms with Crippen LogP contribution >= 0.6 is 11.8 Å². The van der Waals surface area contributed by atoms with Crippen LogP contribution in [-0.2, 0) is 14.3 Å². The lowest BCUT2D eigenvalue weighted by molar-refractivity contribution is -0.142. The van der Waals surface area contributed by atoms with Crippen LogP contribution in [0, 0.1) is 6.92 Å². The molecular weight excluding hydrogens is 322 g/mol. The highest BCUT2D eigenvalue weighted by Gasteiger charge is 2.05. The largest absolute Gasteiger partial charge is 0.452 e. The average molecular weight is 341 g/mol. The summed E-state index contributed by atoms with van der Waals surface area (Å²) in [5.41, 5.74) is 2.72. The maximum Gasteiger partial charge on any atom is 0.331 e. The van der Waals surface area contributed by atoms with Gasteiger partial charge in [0.15, 0.2) is 6.61 Å². The highest BCUT2D eigenvalue weighted by atomic mass is 32.2. The van der Waals surface area contributed by atoms with Gasteiger partial charge in [0, 0.05) is 16.7 Å².